The van der Waals surface area contributed by atoms with E-state index in [0.717, 1.165) is 77.1 Å². The molecule has 3 aromatic heterocycles. The van der Waals surface area contributed by atoms with Crippen LogP contribution in [0.5, 0.6) is 0 Å². The number of aromatic nitrogens is 3. The summed E-state index contributed by atoms with van der Waals surface area (Å²) in [6, 6.07) is 24.7. The molecule has 6 rings (SSSR count). The number of anilines is 1. The first-order valence-electron chi connectivity index (χ1n) is 13.6. The van der Waals surface area contributed by atoms with Gasteiger partial charge in [-0.15, -0.1) is 0 Å². The first-order chi connectivity index (χ1) is 19.0. The Morgan fingerprint density at radius 3 is 2.49 bits per heavy atom. The summed E-state index contributed by atoms with van der Waals surface area (Å²) in [5.41, 5.74) is 13.0. The van der Waals surface area contributed by atoms with Crippen LogP contribution in [0.15, 0.2) is 79.0 Å². The number of likely N-dealkylation sites (tertiary alicyclic amines) is 1. The third-order valence-electron chi connectivity index (χ3n) is 7.69. The molecule has 2 N–H and O–H groups in total. The molecule has 0 radical (unpaired) electrons. The van der Waals surface area contributed by atoms with Gasteiger partial charge in [-0.1, -0.05) is 48.5 Å². The van der Waals surface area contributed by atoms with Crippen LogP contribution in [0.25, 0.3) is 38.9 Å². The lowest BCUT2D eigenvalue weighted by atomic mass is 9.93. The average Bonchev–Trinajstić information content (AvgIpc) is 3.32. The number of nitrogens with zero attached hydrogens (tertiary/aromatic N) is 5. The maximum Gasteiger partial charge on any atom is 0.236 e. The van der Waals surface area contributed by atoms with Gasteiger partial charge in [-0.2, -0.15) is 0 Å². The molecular weight excluding hydrogens is 484 g/mol. The van der Waals surface area contributed by atoms with Crippen molar-refractivity contribution in [2.24, 2.45) is 5.92 Å². The Balaban J connectivity index is 1.30. The van der Waals surface area contributed by atoms with Crippen LogP contribution in [0.4, 0.5) is 5.69 Å². The molecule has 1 fully saturated rings. The molecule has 1 amide bonds. The molecule has 0 aliphatic carbocycles. The van der Waals surface area contributed by atoms with Crippen LogP contribution in [-0.4, -0.2) is 63.8 Å². The molecule has 7 nitrogen and oxygen atoms in total. The lowest BCUT2D eigenvalue weighted by molar-refractivity contribution is -0.133. The van der Waals surface area contributed by atoms with Gasteiger partial charge in [-0.05, 0) is 57.1 Å². The lowest BCUT2D eigenvalue weighted by Gasteiger charge is -2.32. The Kier molecular flexibility index (Phi) is 6.75. The zero-order chi connectivity index (χ0) is 26.9. The van der Waals surface area contributed by atoms with Crippen LogP contribution in [0.2, 0.25) is 0 Å². The number of hydrogen-bond acceptors (Lipinski definition) is 5. The Bertz CT molecular complexity index is 1630. The van der Waals surface area contributed by atoms with Crippen LogP contribution in [0.1, 0.15) is 18.7 Å². The van der Waals surface area contributed by atoms with E-state index in [0.29, 0.717) is 18.2 Å². The van der Waals surface area contributed by atoms with Crippen molar-refractivity contribution >= 4 is 28.0 Å². The molecule has 0 unspecified atom stereocenters. The van der Waals surface area contributed by atoms with Crippen LogP contribution < -0.4 is 5.73 Å². The summed E-state index contributed by atoms with van der Waals surface area (Å²) in [6.45, 7) is 2.07. The summed E-state index contributed by atoms with van der Waals surface area (Å²) in [4.78, 5) is 26.6. The minimum Gasteiger partial charge on any atom is -0.397 e. The number of likely N-dealkylation sites (N-methyl/N-ethyl adjacent to an activating group) is 1. The largest absolute Gasteiger partial charge is 0.397 e. The molecule has 2 aromatic carbocycles. The van der Waals surface area contributed by atoms with Gasteiger partial charge in [0.1, 0.15) is 5.82 Å². The Labute approximate surface area is 228 Å². The van der Waals surface area contributed by atoms with E-state index in [1.165, 1.54) is 0 Å². The van der Waals surface area contributed by atoms with Gasteiger partial charge in [0.25, 0.3) is 0 Å². The summed E-state index contributed by atoms with van der Waals surface area (Å²) in [7, 11) is 3.87. The van der Waals surface area contributed by atoms with Crippen molar-refractivity contribution in [2.75, 3.05) is 39.5 Å². The highest BCUT2D eigenvalue weighted by Crippen LogP contribution is 2.33. The van der Waals surface area contributed by atoms with Crippen molar-refractivity contribution in [3.8, 4) is 22.5 Å². The number of rotatable bonds is 6. The molecule has 39 heavy (non-hydrogen) atoms. The molecule has 0 saturated carbocycles. The van der Waals surface area contributed by atoms with Crippen molar-refractivity contribution in [1.82, 2.24) is 24.2 Å². The monoisotopic (exact) mass is 518 g/mol. The normalized spacial score (nSPS) is 14.5. The van der Waals surface area contributed by atoms with Gasteiger partial charge in [0.2, 0.25) is 5.91 Å². The van der Waals surface area contributed by atoms with Crippen LogP contribution >= 0.6 is 0 Å². The fraction of sp³-hybridized carbons (Fsp3) is 0.281. The Morgan fingerprint density at radius 1 is 0.949 bits per heavy atom. The summed E-state index contributed by atoms with van der Waals surface area (Å²) in [6.07, 6.45) is 4.87. The summed E-state index contributed by atoms with van der Waals surface area (Å²) < 4.78 is 2.15. The fourth-order valence-corrected chi connectivity index (χ4v) is 5.62. The van der Waals surface area contributed by atoms with Crippen molar-refractivity contribution in [2.45, 2.75) is 19.3 Å². The molecule has 7 heteroatoms. The van der Waals surface area contributed by atoms with Gasteiger partial charge in [-0.3, -0.25) is 4.79 Å². The zero-order valence-corrected chi connectivity index (χ0v) is 22.5. The number of pyridine rings is 2. The molecular formula is C32H34N6O. The van der Waals surface area contributed by atoms with E-state index in [4.69, 9.17) is 15.7 Å². The van der Waals surface area contributed by atoms with Gasteiger partial charge in [-0.25, -0.2) is 9.97 Å². The van der Waals surface area contributed by atoms with Crippen molar-refractivity contribution in [3.05, 3.63) is 84.8 Å². The number of amides is 1. The second-order valence-corrected chi connectivity index (χ2v) is 10.8. The third kappa shape index (κ3) is 5.10. The first kappa shape index (κ1) is 25.1. The molecule has 1 aliphatic rings. The third-order valence-corrected chi connectivity index (χ3v) is 7.69. The zero-order valence-electron chi connectivity index (χ0n) is 22.5. The Morgan fingerprint density at radius 2 is 1.72 bits per heavy atom. The molecule has 198 valence electrons. The van der Waals surface area contributed by atoms with Gasteiger partial charge >= 0.3 is 0 Å². The highest BCUT2D eigenvalue weighted by molar-refractivity contribution is 5.92. The smallest absolute Gasteiger partial charge is 0.236 e. The summed E-state index contributed by atoms with van der Waals surface area (Å²) >= 11 is 0. The quantitative estimate of drug-likeness (QED) is 0.337. The number of benzene rings is 2. The van der Waals surface area contributed by atoms with Gasteiger partial charge in [0.05, 0.1) is 34.7 Å². The number of carbonyl (C=O) groups is 1. The van der Waals surface area contributed by atoms with Gasteiger partial charge in [0.15, 0.2) is 0 Å². The predicted octanol–water partition coefficient (Wildman–Crippen LogP) is 5.14. The molecule has 1 saturated heterocycles. The number of carbonyl (C=O) groups excluding carboxylic acids is 1. The number of fused-ring (bicyclic) bond motifs is 2. The van der Waals surface area contributed by atoms with E-state index >= 15 is 0 Å². The van der Waals surface area contributed by atoms with E-state index in [2.05, 4.69) is 53.1 Å². The highest BCUT2D eigenvalue weighted by Gasteiger charge is 2.25. The molecule has 4 heterocycles. The van der Waals surface area contributed by atoms with Crippen LogP contribution in [0.3, 0.4) is 0 Å². The lowest BCUT2D eigenvalue weighted by Crippen LogP contribution is -2.43. The number of nitrogen functional groups attached to an aromatic ring is 1. The van der Waals surface area contributed by atoms with Crippen molar-refractivity contribution in [1.29, 1.82) is 0 Å². The fourth-order valence-electron chi connectivity index (χ4n) is 5.62. The molecule has 1 aliphatic heterocycles. The van der Waals surface area contributed by atoms with Gasteiger partial charge in [0, 0.05) is 42.2 Å². The highest BCUT2D eigenvalue weighted by atomic mass is 16.2. The number of imidazole rings is 1. The van der Waals surface area contributed by atoms with Crippen molar-refractivity contribution in [3.63, 3.8) is 0 Å². The van der Waals surface area contributed by atoms with E-state index in [-0.39, 0.29) is 5.91 Å². The molecule has 0 bridgehead atoms. The summed E-state index contributed by atoms with van der Waals surface area (Å²) in [5, 5.41) is 1.09. The van der Waals surface area contributed by atoms with E-state index in [9.17, 15) is 4.79 Å². The second kappa shape index (κ2) is 10.5. The number of nitrogens with two attached hydrogens (primary N) is 1. The SMILES string of the molecule is CN(C)CC(=O)N1CCC(Cc2nc(-c3ccc4ccc(-c5ccccc5)nc4c3)c3c(N)cccn23)CC1. The predicted molar refractivity (Wildman–Crippen MR) is 157 cm³/mol. The van der Waals surface area contributed by atoms with Crippen LogP contribution in [0, 0.1) is 5.92 Å². The average molecular weight is 519 g/mol. The minimum atomic E-state index is 0.208. The number of hydrogen-bond donors (Lipinski definition) is 1. The van der Waals surface area contributed by atoms with Crippen molar-refractivity contribution < 1.29 is 4.79 Å². The maximum absolute atomic E-state index is 12.5. The van der Waals surface area contributed by atoms with E-state index in [1.807, 2.05) is 54.2 Å². The molecule has 0 atom stereocenters. The van der Waals surface area contributed by atoms with E-state index in [1.54, 1.807) is 0 Å². The summed E-state index contributed by atoms with van der Waals surface area (Å²) in [5.74, 6) is 1.69. The minimum absolute atomic E-state index is 0.208. The second-order valence-electron chi connectivity index (χ2n) is 10.8. The standard InChI is InChI=1S/C32H34N6O/c1-36(2)21-30(39)37-17-14-22(15-18-37)19-29-35-31(32-26(33)9-6-16-38(29)32)25-11-10-24-12-13-27(34-28(24)20-25)23-7-4-3-5-8-23/h3-13,16,20,22H,14-15,17-19,21,33H2,1-2H3. The number of piperidine rings is 1. The van der Waals surface area contributed by atoms with Gasteiger partial charge < -0.3 is 19.9 Å². The Hall–Kier alpha value is -4.23. The topological polar surface area (TPSA) is 79.8 Å². The maximum atomic E-state index is 12.5. The van der Waals surface area contributed by atoms with E-state index < -0.39 is 0 Å². The van der Waals surface area contributed by atoms with Crippen LogP contribution in [-0.2, 0) is 11.2 Å². The first-order valence-corrected chi connectivity index (χ1v) is 13.6. The molecule has 0 spiro atoms. The molecule has 5 aromatic rings.